The maximum Gasteiger partial charge on any atom is 0.573 e. The number of aryl methyl sites for hydroxylation is 1. The third-order valence-corrected chi connectivity index (χ3v) is 3.22. The monoisotopic (exact) mass is 289 g/mol. The lowest BCUT2D eigenvalue weighted by atomic mass is 10.1. The van der Waals surface area contributed by atoms with Crippen LogP contribution in [0.4, 0.5) is 13.2 Å². The van der Waals surface area contributed by atoms with Crippen molar-refractivity contribution in [3.05, 3.63) is 29.8 Å². The Hall–Kier alpha value is -1.27. The van der Waals surface area contributed by atoms with Gasteiger partial charge < -0.3 is 9.47 Å². The summed E-state index contributed by atoms with van der Waals surface area (Å²) < 4.78 is 46.2. The fourth-order valence-corrected chi connectivity index (χ4v) is 2.25. The van der Waals surface area contributed by atoms with Crippen LogP contribution in [-0.4, -0.2) is 44.1 Å². The second-order valence-electron chi connectivity index (χ2n) is 4.71. The lowest BCUT2D eigenvalue weighted by Crippen LogP contribution is -2.36. The SMILES string of the molecule is FC(F)(F)Oc1ccccc1CCCN1CCOCC1. The molecular formula is C14H18F3NO2. The van der Waals surface area contributed by atoms with E-state index in [1.807, 2.05) is 0 Å². The highest BCUT2D eigenvalue weighted by molar-refractivity contribution is 5.33. The first kappa shape index (κ1) is 15.1. The molecule has 1 fully saturated rings. The van der Waals surface area contributed by atoms with Crippen LogP contribution in [0.15, 0.2) is 24.3 Å². The van der Waals surface area contributed by atoms with Gasteiger partial charge in [-0.1, -0.05) is 18.2 Å². The van der Waals surface area contributed by atoms with Crippen molar-refractivity contribution < 1.29 is 22.6 Å². The maximum absolute atomic E-state index is 12.3. The van der Waals surface area contributed by atoms with Crippen molar-refractivity contribution in [2.24, 2.45) is 0 Å². The summed E-state index contributed by atoms with van der Waals surface area (Å²) in [6.45, 7) is 4.10. The predicted molar refractivity (Wildman–Crippen MR) is 68.7 cm³/mol. The second kappa shape index (κ2) is 6.95. The van der Waals surface area contributed by atoms with Gasteiger partial charge in [0.25, 0.3) is 0 Å². The quantitative estimate of drug-likeness (QED) is 0.832. The fraction of sp³-hybridized carbons (Fsp3) is 0.571. The molecule has 1 saturated heterocycles. The number of alkyl halides is 3. The van der Waals surface area contributed by atoms with Crippen LogP contribution >= 0.6 is 0 Å². The normalized spacial score (nSPS) is 17.1. The van der Waals surface area contributed by atoms with Gasteiger partial charge in [-0.15, -0.1) is 13.2 Å². The Morgan fingerprint density at radius 1 is 1.15 bits per heavy atom. The molecule has 0 aromatic heterocycles. The van der Waals surface area contributed by atoms with Crippen LogP contribution in [0.25, 0.3) is 0 Å². The number of hydrogen-bond donors (Lipinski definition) is 0. The Morgan fingerprint density at radius 3 is 2.55 bits per heavy atom. The first-order valence-electron chi connectivity index (χ1n) is 6.68. The number of benzene rings is 1. The van der Waals surface area contributed by atoms with E-state index in [0.29, 0.717) is 12.0 Å². The van der Waals surface area contributed by atoms with E-state index in [1.54, 1.807) is 18.2 Å². The minimum absolute atomic E-state index is 0.0954. The van der Waals surface area contributed by atoms with E-state index in [4.69, 9.17) is 4.74 Å². The van der Waals surface area contributed by atoms with Crippen LogP contribution in [0, 0.1) is 0 Å². The summed E-state index contributed by atoms with van der Waals surface area (Å²) in [6, 6.07) is 6.32. The van der Waals surface area contributed by atoms with E-state index in [-0.39, 0.29) is 5.75 Å². The molecule has 1 aliphatic heterocycles. The van der Waals surface area contributed by atoms with Gasteiger partial charge in [0.1, 0.15) is 5.75 Å². The topological polar surface area (TPSA) is 21.7 Å². The van der Waals surface area contributed by atoms with E-state index in [0.717, 1.165) is 39.3 Å². The summed E-state index contributed by atoms with van der Waals surface area (Å²) in [5.74, 6) is -0.0954. The summed E-state index contributed by atoms with van der Waals surface area (Å²) in [5, 5.41) is 0. The minimum Gasteiger partial charge on any atom is -0.406 e. The number of ether oxygens (including phenoxy) is 2. The van der Waals surface area contributed by atoms with Gasteiger partial charge in [0.05, 0.1) is 13.2 Å². The number of nitrogens with zero attached hydrogens (tertiary/aromatic N) is 1. The maximum atomic E-state index is 12.3. The van der Waals surface area contributed by atoms with Gasteiger partial charge in [-0.05, 0) is 31.0 Å². The van der Waals surface area contributed by atoms with E-state index in [2.05, 4.69) is 9.64 Å². The molecule has 0 saturated carbocycles. The molecule has 1 heterocycles. The number of halogens is 3. The van der Waals surface area contributed by atoms with Gasteiger partial charge in [0, 0.05) is 13.1 Å². The van der Waals surface area contributed by atoms with Gasteiger partial charge in [-0.25, -0.2) is 0 Å². The van der Waals surface area contributed by atoms with Crippen LogP contribution in [-0.2, 0) is 11.2 Å². The smallest absolute Gasteiger partial charge is 0.406 e. The Balaban J connectivity index is 1.85. The van der Waals surface area contributed by atoms with Crippen molar-refractivity contribution in [3.8, 4) is 5.75 Å². The summed E-state index contributed by atoms with van der Waals surface area (Å²) in [6.07, 6.45) is -3.26. The van der Waals surface area contributed by atoms with E-state index >= 15 is 0 Å². The Labute approximate surface area is 116 Å². The van der Waals surface area contributed by atoms with Crippen molar-refractivity contribution in [1.29, 1.82) is 0 Å². The van der Waals surface area contributed by atoms with E-state index < -0.39 is 6.36 Å². The molecule has 0 aliphatic carbocycles. The zero-order valence-corrected chi connectivity index (χ0v) is 11.2. The number of rotatable bonds is 5. The molecule has 1 aliphatic rings. The van der Waals surface area contributed by atoms with Crippen molar-refractivity contribution in [2.75, 3.05) is 32.8 Å². The second-order valence-corrected chi connectivity index (χ2v) is 4.71. The van der Waals surface area contributed by atoms with Crippen molar-refractivity contribution >= 4 is 0 Å². The van der Waals surface area contributed by atoms with Crippen molar-refractivity contribution in [3.63, 3.8) is 0 Å². The Kier molecular flexibility index (Phi) is 5.25. The van der Waals surface area contributed by atoms with E-state index in [9.17, 15) is 13.2 Å². The molecule has 0 unspecified atom stereocenters. The molecule has 2 rings (SSSR count). The fourth-order valence-electron chi connectivity index (χ4n) is 2.25. The van der Waals surface area contributed by atoms with Gasteiger partial charge in [0.15, 0.2) is 0 Å². The average molecular weight is 289 g/mol. The van der Waals surface area contributed by atoms with Crippen LogP contribution in [0.5, 0.6) is 5.75 Å². The molecule has 0 radical (unpaired) electrons. The van der Waals surface area contributed by atoms with Crippen LogP contribution in [0.1, 0.15) is 12.0 Å². The molecule has 3 nitrogen and oxygen atoms in total. The summed E-state index contributed by atoms with van der Waals surface area (Å²) in [7, 11) is 0. The van der Waals surface area contributed by atoms with Gasteiger partial charge in [-0.2, -0.15) is 0 Å². The third kappa shape index (κ3) is 5.02. The highest BCUT2D eigenvalue weighted by atomic mass is 19.4. The van der Waals surface area contributed by atoms with Crippen LogP contribution < -0.4 is 4.74 Å². The molecule has 0 N–H and O–H groups in total. The van der Waals surface area contributed by atoms with E-state index in [1.165, 1.54) is 6.07 Å². The minimum atomic E-state index is -4.64. The molecule has 20 heavy (non-hydrogen) atoms. The average Bonchev–Trinajstić information content (AvgIpc) is 2.40. The van der Waals surface area contributed by atoms with Gasteiger partial charge in [0.2, 0.25) is 0 Å². The van der Waals surface area contributed by atoms with Crippen LogP contribution in [0.2, 0.25) is 0 Å². The first-order chi connectivity index (χ1) is 9.54. The van der Waals surface area contributed by atoms with Gasteiger partial charge >= 0.3 is 6.36 Å². The number of hydrogen-bond acceptors (Lipinski definition) is 3. The molecule has 0 atom stereocenters. The zero-order valence-electron chi connectivity index (χ0n) is 11.2. The Morgan fingerprint density at radius 2 is 1.85 bits per heavy atom. The largest absolute Gasteiger partial charge is 0.573 e. The number of para-hydroxylation sites is 1. The van der Waals surface area contributed by atoms with Gasteiger partial charge in [-0.3, -0.25) is 4.90 Å². The predicted octanol–water partition coefficient (Wildman–Crippen LogP) is 2.85. The molecule has 112 valence electrons. The van der Waals surface area contributed by atoms with Crippen molar-refractivity contribution in [1.82, 2.24) is 4.90 Å². The molecule has 1 aromatic rings. The molecule has 0 spiro atoms. The Bertz CT molecular complexity index is 417. The first-order valence-corrected chi connectivity index (χ1v) is 6.68. The highest BCUT2D eigenvalue weighted by Gasteiger charge is 2.31. The molecule has 6 heteroatoms. The lowest BCUT2D eigenvalue weighted by Gasteiger charge is -2.26. The summed E-state index contributed by atoms with van der Waals surface area (Å²) in [4.78, 5) is 2.26. The van der Waals surface area contributed by atoms with Crippen molar-refractivity contribution in [2.45, 2.75) is 19.2 Å². The number of morpholine rings is 1. The standard InChI is InChI=1S/C14H18F3NO2/c15-14(16,17)20-13-6-2-1-4-12(13)5-3-7-18-8-10-19-11-9-18/h1-2,4,6H,3,5,7-11H2. The summed E-state index contributed by atoms with van der Waals surface area (Å²) in [5.41, 5.74) is 0.595. The molecule has 1 aromatic carbocycles. The highest BCUT2D eigenvalue weighted by Crippen LogP contribution is 2.27. The van der Waals surface area contributed by atoms with Crippen LogP contribution in [0.3, 0.4) is 0 Å². The summed E-state index contributed by atoms with van der Waals surface area (Å²) >= 11 is 0. The third-order valence-electron chi connectivity index (χ3n) is 3.22. The molecule has 0 bridgehead atoms. The molecule has 0 amide bonds. The molecular weight excluding hydrogens is 271 g/mol. The zero-order chi connectivity index (χ0) is 14.4. The lowest BCUT2D eigenvalue weighted by molar-refractivity contribution is -0.274.